The van der Waals surface area contributed by atoms with Gasteiger partial charge in [-0.1, -0.05) is 36.2 Å². The first-order chi connectivity index (χ1) is 11.0. The van der Waals surface area contributed by atoms with E-state index in [2.05, 4.69) is 17.6 Å². The molecule has 0 radical (unpaired) electrons. The number of hydrogen-bond acceptors (Lipinski definition) is 2. The fourth-order valence-corrected chi connectivity index (χ4v) is 3.76. The van der Waals surface area contributed by atoms with E-state index >= 15 is 0 Å². The Bertz CT molecular complexity index is 533. The van der Waals surface area contributed by atoms with Crippen molar-refractivity contribution in [3.05, 3.63) is 33.8 Å². The van der Waals surface area contributed by atoms with Crippen molar-refractivity contribution in [2.45, 2.75) is 45.6 Å². The molecule has 1 aromatic rings. The number of carbonyl (C=O) groups excluding carboxylic acids is 1. The molecule has 1 aliphatic heterocycles. The maximum atomic E-state index is 12.3. The van der Waals surface area contributed by atoms with Crippen molar-refractivity contribution in [3.8, 4) is 0 Å². The predicted octanol–water partition coefficient (Wildman–Crippen LogP) is 4.49. The van der Waals surface area contributed by atoms with Crippen LogP contribution in [-0.2, 0) is 11.2 Å². The molecule has 0 spiro atoms. The topological polar surface area (TPSA) is 41.1 Å². The van der Waals surface area contributed by atoms with Gasteiger partial charge in [-0.25, -0.2) is 0 Å². The Kier molecular flexibility index (Phi) is 9.43. The van der Waals surface area contributed by atoms with Crippen LogP contribution in [0.5, 0.6) is 0 Å². The third-order valence-corrected chi connectivity index (χ3v) is 5.23. The molecule has 2 rings (SSSR count). The second-order valence-electron chi connectivity index (χ2n) is 6.68. The number of rotatable bonds is 6. The first kappa shape index (κ1) is 21.6. The minimum atomic E-state index is 0. The Morgan fingerprint density at radius 2 is 1.96 bits per heavy atom. The number of halogens is 3. The van der Waals surface area contributed by atoms with Gasteiger partial charge in [-0.15, -0.1) is 12.4 Å². The summed E-state index contributed by atoms with van der Waals surface area (Å²) in [5, 5.41) is 7.75. The van der Waals surface area contributed by atoms with Crippen LogP contribution in [0.15, 0.2) is 18.2 Å². The van der Waals surface area contributed by atoms with Crippen molar-refractivity contribution in [2.24, 2.45) is 11.8 Å². The number of carbonyl (C=O) groups is 1. The SMILES string of the molecule is CC(Cc1ccc(Cl)cc1Cl)NC(=O)CC(C)C1CCNCC1.Cl. The second kappa shape index (κ2) is 10.5. The molecule has 2 atom stereocenters. The molecule has 0 saturated carbocycles. The Hall–Kier alpha value is -0.480. The predicted molar refractivity (Wildman–Crippen MR) is 104 cm³/mol. The van der Waals surface area contributed by atoms with E-state index < -0.39 is 0 Å². The lowest BCUT2D eigenvalue weighted by Crippen LogP contribution is -2.37. The van der Waals surface area contributed by atoms with Gasteiger partial charge in [-0.2, -0.15) is 0 Å². The first-order valence-corrected chi connectivity index (χ1v) is 9.15. The van der Waals surface area contributed by atoms with Crippen molar-refractivity contribution in [1.29, 1.82) is 0 Å². The highest BCUT2D eigenvalue weighted by Gasteiger charge is 2.22. The lowest BCUT2D eigenvalue weighted by Gasteiger charge is -2.28. The van der Waals surface area contributed by atoms with E-state index in [-0.39, 0.29) is 24.4 Å². The summed E-state index contributed by atoms with van der Waals surface area (Å²) in [6.45, 7) is 6.35. The van der Waals surface area contributed by atoms with Crippen LogP contribution < -0.4 is 10.6 Å². The van der Waals surface area contributed by atoms with Gasteiger partial charge in [0.25, 0.3) is 0 Å². The minimum Gasteiger partial charge on any atom is -0.353 e. The molecule has 6 heteroatoms. The van der Waals surface area contributed by atoms with Crippen molar-refractivity contribution >= 4 is 41.5 Å². The average molecular weight is 394 g/mol. The summed E-state index contributed by atoms with van der Waals surface area (Å²) in [5.74, 6) is 1.22. The fourth-order valence-electron chi connectivity index (χ4n) is 3.27. The van der Waals surface area contributed by atoms with Crippen LogP contribution >= 0.6 is 35.6 Å². The molecule has 1 aliphatic rings. The Morgan fingerprint density at radius 3 is 2.58 bits per heavy atom. The van der Waals surface area contributed by atoms with E-state index in [0.717, 1.165) is 18.7 Å². The molecule has 136 valence electrons. The molecular formula is C18H27Cl3N2O. The van der Waals surface area contributed by atoms with E-state index in [0.29, 0.717) is 34.7 Å². The van der Waals surface area contributed by atoms with Crippen LogP contribution in [0.3, 0.4) is 0 Å². The Morgan fingerprint density at radius 1 is 1.29 bits per heavy atom. The molecule has 1 saturated heterocycles. The zero-order valence-corrected chi connectivity index (χ0v) is 16.6. The quantitative estimate of drug-likeness (QED) is 0.747. The number of piperidine rings is 1. The van der Waals surface area contributed by atoms with E-state index in [9.17, 15) is 4.79 Å². The van der Waals surface area contributed by atoms with E-state index in [1.165, 1.54) is 12.8 Å². The fraction of sp³-hybridized carbons (Fsp3) is 0.611. The summed E-state index contributed by atoms with van der Waals surface area (Å²) in [6, 6.07) is 5.55. The maximum absolute atomic E-state index is 12.3. The van der Waals surface area contributed by atoms with Gasteiger partial charge in [0.1, 0.15) is 0 Å². The Labute approximate surface area is 161 Å². The van der Waals surface area contributed by atoms with Gasteiger partial charge in [-0.05, 0) is 68.8 Å². The van der Waals surface area contributed by atoms with Gasteiger partial charge < -0.3 is 10.6 Å². The van der Waals surface area contributed by atoms with Gasteiger partial charge in [0, 0.05) is 22.5 Å². The summed E-state index contributed by atoms with van der Waals surface area (Å²) in [4.78, 5) is 12.3. The molecule has 2 N–H and O–H groups in total. The van der Waals surface area contributed by atoms with Crippen molar-refractivity contribution in [1.82, 2.24) is 10.6 Å². The van der Waals surface area contributed by atoms with Crippen LogP contribution in [0.25, 0.3) is 0 Å². The summed E-state index contributed by atoms with van der Waals surface area (Å²) in [5.41, 5.74) is 1.01. The molecule has 1 heterocycles. The molecule has 1 fully saturated rings. The number of nitrogens with one attached hydrogen (secondary N) is 2. The first-order valence-electron chi connectivity index (χ1n) is 8.39. The average Bonchev–Trinajstić information content (AvgIpc) is 2.50. The van der Waals surface area contributed by atoms with Crippen LogP contribution in [-0.4, -0.2) is 25.0 Å². The molecule has 0 aromatic heterocycles. The monoisotopic (exact) mass is 392 g/mol. The van der Waals surface area contributed by atoms with Gasteiger partial charge in [-0.3, -0.25) is 4.79 Å². The van der Waals surface area contributed by atoms with Gasteiger partial charge in [0.05, 0.1) is 0 Å². The molecule has 0 aliphatic carbocycles. The molecule has 3 nitrogen and oxygen atoms in total. The van der Waals surface area contributed by atoms with Crippen molar-refractivity contribution in [3.63, 3.8) is 0 Å². The van der Waals surface area contributed by atoms with Crippen molar-refractivity contribution < 1.29 is 4.79 Å². The van der Waals surface area contributed by atoms with Gasteiger partial charge in [0.2, 0.25) is 5.91 Å². The van der Waals surface area contributed by atoms with E-state index in [4.69, 9.17) is 23.2 Å². The maximum Gasteiger partial charge on any atom is 0.220 e. The summed E-state index contributed by atoms with van der Waals surface area (Å²) in [7, 11) is 0. The molecular weight excluding hydrogens is 367 g/mol. The van der Waals surface area contributed by atoms with Gasteiger partial charge >= 0.3 is 0 Å². The third-order valence-electron chi connectivity index (χ3n) is 4.64. The van der Waals surface area contributed by atoms with Crippen LogP contribution in [0, 0.1) is 11.8 Å². The third kappa shape index (κ3) is 6.79. The largest absolute Gasteiger partial charge is 0.353 e. The lowest BCUT2D eigenvalue weighted by molar-refractivity contribution is -0.122. The second-order valence-corrected chi connectivity index (χ2v) is 7.52. The van der Waals surface area contributed by atoms with E-state index in [1.807, 2.05) is 19.1 Å². The van der Waals surface area contributed by atoms with Crippen LogP contribution in [0.4, 0.5) is 0 Å². The highest BCUT2D eigenvalue weighted by molar-refractivity contribution is 6.35. The Balaban J connectivity index is 0.00000288. The zero-order chi connectivity index (χ0) is 16.8. The molecule has 2 unspecified atom stereocenters. The zero-order valence-electron chi connectivity index (χ0n) is 14.3. The lowest BCUT2D eigenvalue weighted by atomic mass is 9.84. The number of benzene rings is 1. The van der Waals surface area contributed by atoms with Crippen LogP contribution in [0.1, 0.15) is 38.7 Å². The minimum absolute atomic E-state index is 0. The summed E-state index contributed by atoms with van der Waals surface area (Å²) in [6.07, 6.45) is 3.65. The standard InChI is InChI=1S/C18H26Cl2N2O.ClH/c1-12(14-5-7-21-8-6-14)9-18(23)22-13(2)10-15-3-4-16(19)11-17(15)20;/h3-4,11-14,21H,5-10H2,1-2H3,(H,22,23);1H. The number of amides is 1. The number of hydrogen-bond donors (Lipinski definition) is 2. The van der Waals surface area contributed by atoms with Crippen LogP contribution in [0.2, 0.25) is 10.0 Å². The molecule has 1 amide bonds. The normalized spacial score (nSPS) is 17.7. The summed E-state index contributed by atoms with van der Waals surface area (Å²) < 4.78 is 0. The molecule has 1 aromatic carbocycles. The van der Waals surface area contributed by atoms with Crippen molar-refractivity contribution in [2.75, 3.05) is 13.1 Å². The smallest absolute Gasteiger partial charge is 0.220 e. The summed E-state index contributed by atoms with van der Waals surface area (Å²) >= 11 is 12.1. The molecule has 0 bridgehead atoms. The van der Waals surface area contributed by atoms with Gasteiger partial charge in [0.15, 0.2) is 0 Å². The van der Waals surface area contributed by atoms with E-state index in [1.54, 1.807) is 6.07 Å². The molecule has 24 heavy (non-hydrogen) atoms. The highest BCUT2D eigenvalue weighted by Crippen LogP contribution is 2.25. The highest BCUT2D eigenvalue weighted by atomic mass is 35.5.